The fraction of sp³-hybridized carbons (Fsp3) is 0.231. The van der Waals surface area contributed by atoms with Crippen molar-refractivity contribution in [2.45, 2.75) is 6.54 Å². The Morgan fingerprint density at radius 3 is 2.29 bits per heavy atom. The average molecular weight is 465 g/mol. The minimum absolute atomic E-state index is 0.0713. The molecule has 176 valence electrons. The van der Waals surface area contributed by atoms with E-state index in [4.69, 9.17) is 0 Å². The van der Waals surface area contributed by atoms with E-state index in [1.165, 1.54) is 30.3 Å². The number of carbonyl (C=O) groups excluding carboxylic acids is 2. The van der Waals surface area contributed by atoms with E-state index in [2.05, 4.69) is 20.4 Å². The van der Waals surface area contributed by atoms with Crippen LogP contribution in [-0.4, -0.2) is 49.9 Å². The van der Waals surface area contributed by atoms with Crippen LogP contribution in [0.2, 0.25) is 0 Å². The van der Waals surface area contributed by atoms with Gasteiger partial charge in [0.15, 0.2) is 0 Å². The van der Waals surface area contributed by atoms with Gasteiger partial charge in [0.05, 0.1) is 16.9 Å². The minimum atomic E-state index is -0.616. The molecule has 1 saturated heterocycles. The highest BCUT2D eigenvalue weighted by molar-refractivity contribution is 6.07. The van der Waals surface area contributed by atoms with E-state index in [0.29, 0.717) is 11.3 Å². The SMILES string of the molecule is CN1CCN(c2ccc(C(=O)NCc3ccc(F)cc3)cc2NC(=O)c2ccccc2F)CC1. The zero-order chi connectivity index (χ0) is 24.1. The van der Waals surface area contributed by atoms with Gasteiger partial charge in [0.2, 0.25) is 0 Å². The first-order valence-electron chi connectivity index (χ1n) is 11.1. The largest absolute Gasteiger partial charge is 0.367 e. The van der Waals surface area contributed by atoms with E-state index < -0.39 is 11.7 Å². The number of nitrogens with one attached hydrogen (secondary N) is 2. The van der Waals surface area contributed by atoms with E-state index in [9.17, 15) is 18.4 Å². The fourth-order valence-corrected chi connectivity index (χ4v) is 3.82. The van der Waals surface area contributed by atoms with Crippen molar-refractivity contribution in [2.75, 3.05) is 43.4 Å². The van der Waals surface area contributed by atoms with Gasteiger partial charge in [-0.05, 0) is 55.1 Å². The molecule has 2 amide bonds. The highest BCUT2D eigenvalue weighted by atomic mass is 19.1. The predicted octanol–water partition coefficient (Wildman–Crippen LogP) is 3.90. The van der Waals surface area contributed by atoms with E-state index in [1.54, 1.807) is 36.4 Å². The molecular weight excluding hydrogens is 438 g/mol. The molecule has 2 N–H and O–H groups in total. The van der Waals surface area contributed by atoms with Gasteiger partial charge < -0.3 is 20.4 Å². The summed E-state index contributed by atoms with van der Waals surface area (Å²) < 4.78 is 27.3. The summed E-state index contributed by atoms with van der Waals surface area (Å²) in [7, 11) is 2.05. The highest BCUT2D eigenvalue weighted by Gasteiger charge is 2.21. The number of likely N-dealkylation sites (N-methyl/N-ethyl adjacent to an activating group) is 1. The molecule has 4 rings (SSSR count). The van der Waals surface area contributed by atoms with Gasteiger partial charge in [0.25, 0.3) is 11.8 Å². The molecule has 0 atom stereocenters. The van der Waals surface area contributed by atoms with E-state index in [0.717, 1.165) is 37.4 Å². The summed E-state index contributed by atoms with van der Waals surface area (Å²) >= 11 is 0. The highest BCUT2D eigenvalue weighted by Crippen LogP contribution is 2.29. The number of benzene rings is 3. The Labute approximate surface area is 197 Å². The van der Waals surface area contributed by atoms with Gasteiger partial charge in [0.1, 0.15) is 11.6 Å². The van der Waals surface area contributed by atoms with Gasteiger partial charge in [-0.25, -0.2) is 8.78 Å². The van der Waals surface area contributed by atoms with Gasteiger partial charge in [-0.3, -0.25) is 9.59 Å². The average Bonchev–Trinajstić information content (AvgIpc) is 2.84. The molecule has 8 heteroatoms. The molecule has 0 radical (unpaired) electrons. The molecule has 34 heavy (non-hydrogen) atoms. The topological polar surface area (TPSA) is 64.7 Å². The lowest BCUT2D eigenvalue weighted by atomic mass is 10.1. The van der Waals surface area contributed by atoms with Crippen LogP contribution in [0.25, 0.3) is 0 Å². The summed E-state index contributed by atoms with van der Waals surface area (Å²) in [6.07, 6.45) is 0. The summed E-state index contributed by atoms with van der Waals surface area (Å²) in [6, 6.07) is 16.7. The smallest absolute Gasteiger partial charge is 0.258 e. The lowest BCUT2D eigenvalue weighted by Crippen LogP contribution is -2.44. The minimum Gasteiger partial charge on any atom is -0.367 e. The first-order chi connectivity index (χ1) is 16.4. The lowest BCUT2D eigenvalue weighted by Gasteiger charge is -2.35. The Kier molecular flexibility index (Phi) is 7.18. The number of hydrogen-bond acceptors (Lipinski definition) is 4. The number of nitrogens with zero attached hydrogens (tertiary/aromatic N) is 2. The molecule has 0 saturated carbocycles. The molecular formula is C26H26F2N4O2. The van der Waals surface area contributed by atoms with Crippen LogP contribution in [-0.2, 0) is 6.54 Å². The Bertz CT molecular complexity index is 1180. The first kappa shape index (κ1) is 23.4. The van der Waals surface area contributed by atoms with Crippen LogP contribution in [0.1, 0.15) is 26.3 Å². The normalized spacial score (nSPS) is 14.0. The number of halogens is 2. The van der Waals surface area contributed by atoms with Crippen molar-refractivity contribution in [3.05, 3.63) is 95.1 Å². The maximum absolute atomic E-state index is 14.2. The van der Waals surface area contributed by atoms with E-state index >= 15 is 0 Å². The Balaban J connectivity index is 1.57. The van der Waals surface area contributed by atoms with Crippen molar-refractivity contribution in [3.63, 3.8) is 0 Å². The fourth-order valence-electron chi connectivity index (χ4n) is 3.82. The van der Waals surface area contributed by atoms with Crippen molar-refractivity contribution in [3.8, 4) is 0 Å². The number of rotatable bonds is 6. The number of piperazine rings is 1. The summed E-state index contributed by atoms with van der Waals surface area (Å²) in [4.78, 5) is 30.0. The van der Waals surface area contributed by atoms with Gasteiger partial charge in [0, 0.05) is 38.3 Å². The number of amides is 2. The Morgan fingerprint density at radius 1 is 0.882 bits per heavy atom. The number of carbonyl (C=O) groups is 2. The molecule has 6 nitrogen and oxygen atoms in total. The Morgan fingerprint density at radius 2 is 1.59 bits per heavy atom. The third-order valence-corrected chi connectivity index (χ3v) is 5.84. The van der Waals surface area contributed by atoms with Crippen LogP contribution < -0.4 is 15.5 Å². The Hall–Kier alpha value is -3.78. The van der Waals surface area contributed by atoms with Crippen molar-refractivity contribution in [2.24, 2.45) is 0 Å². The third-order valence-electron chi connectivity index (χ3n) is 5.84. The molecule has 1 heterocycles. The van der Waals surface area contributed by atoms with Gasteiger partial charge >= 0.3 is 0 Å². The number of anilines is 2. The van der Waals surface area contributed by atoms with Crippen LogP contribution in [0.15, 0.2) is 66.7 Å². The lowest BCUT2D eigenvalue weighted by molar-refractivity contribution is 0.0949. The quantitative estimate of drug-likeness (QED) is 0.581. The number of hydrogen-bond donors (Lipinski definition) is 2. The molecule has 0 spiro atoms. The van der Waals surface area contributed by atoms with Gasteiger partial charge in [-0.2, -0.15) is 0 Å². The van der Waals surface area contributed by atoms with Crippen molar-refractivity contribution in [1.82, 2.24) is 10.2 Å². The van der Waals surface area contributed by atoms with Gasteiger partial charge in [-0.15, -0.1) is 0 Å². The van der Waals surface area contributed by atoms with E-state index in [-0.39, 0.29) is 23.8 Å². The van der Waals surface area contributed by atoms with Crippen LogP contribution in [0, 0.1) is 11.6 Å². The van der Waals surface area contributed by atoms with E-state index in [1.807, 2.05) is 7.05 Å². The predicted molar refractivity (Wildman–Crippen MR) is 128 cm³/mol. The molecule has 0 aromatic heterocycles. The zero-order valence-corrected chi connectivity index (χ0v) is 18.9. The summed E-state index contributed by atoms with van der Waals surface area (Å²) in [5.41, 5.74) is 2.25. The molecule has 3 aromatic carbocycles. The molecule has 3 aromatic rings. The monoisotopic (exact) mass is 464 g/mol. The molecule has 0 aliphatic carbocycles. The summed E-state index contributed by atoms with van der Waals surface area (Å²) in [5, 5.41) is 5.60. The summed E-state index contributed by atoms with van der Waals surface area (Å²) in [6.45, 7) is 3.47. The third kappa shape index (κ3) is 5.58. The molecule has 1 fully saturated rings. The second kappa shape index (κ2) is 10.4. The second-order valence-electron chi connectivity index (χ2n) is 8.27. The van der Waals surface area contributed by atoms with Crippen LogP contribution in [0.5, 0.6) is 0 Å². The van der Waals surface area contributed by atoms with Crippen molar-refractivity contribution >= 4 is 23.2 Å². The second-order valence-corrected chi connectivity index (χ2v) is 8.27. The van der Waals surface area contributed by atoms with Crippen LogP contribution >= 0.6 is 0 Å². The molecule has 1 aliphatic heterocycles. The van der Waals surface area contributed by atoms with Crippen LogP contribution in [0.4, 0.5) is 20.2 Å². The first-order valence-corrected chi connectivity index (χ1v) is 11.1. The molecule has 0 bridgehead atoms. The van der Waals surface area contributed by atoms with Crippen LogP contribution in [0.3, 0.4) is 0 Å². The molecule has 1 aliphatic rings. The van der Waals surface area contributed by atoms with Gasteiger partial charge in [-0.1, -0.05) is 24.3 Å². The summed E-state index contributed by atoms with van der Waals surface area (Å²) in [5.74, 6) is -1.88. The maximum Gasteiger partial charge on any atom is 0.258 e. The standard InChI is InChI=1S/C26H26F2N4O2/c1-31-12-14-32(15-13-31)24-11-8-19(25(33)29-17-18-6-9-20(27)10-7-18)16-23(24)30-26(34)21-4-2-3-5-22(21)28/h2-11,16H,12-15,17H2,1H3,(H,29,33)(H,30,34). The molecule has 0 unspecified atom stereocenters. The van der Waals surface area contributed by atoms with Crippen molar-refractivity contribution < 1.29 is 18.4 Å². The van der Waals surface area contributed by atoms with Crippen molar-refractivity contribution in [1.29, 1.82) is 0 Å². The zero-order valence-electron chi connectivity index (χ0n) is 18.9. The maximum atomic E-state index is 14.2.